The summed E-state index contributed by atoms with van der Waals surface area (Å²) in [4.78, 5) is 9.36. The molecule has 0 saturated carbocycles. The second-order valence-electron chi connectivity index (χ2n) is 7.01. The van der Waals surface area contributed by atoms with E-state index in [1.807, 2.05) is 36.4 Å². The zero-order valence-corrected chi connectivity index (χ0v) is 17.8. The lowest BCUT2D eigenvalue weighted by molar-refractivity contribution is -0.0498. The first-order valence-corrected chi connectivity index (χ1v) is 10.8. The average molecular weight is 451 g/mol. The van der Waals surface area contributed by atoms with Crippen molar-refractivity contribution in [3.63, 3.8) is 0 Å². The lowest BCUT2D eigenvalue weighted by Crippen LogP contribution is -2.47. The number of hydrogen-bond acceptors (Lipinski definition) is 6. The Bertz CT molecular complexity index is 944. The van der Waals surface area contributed by atoms with Crippen molar-refractivity contribution in [1.29, 1.82) is 0 Å². The average Bonchev–Trinajstić information content (AvgIpc) is 3.24. The number of rotatable bonds is 7. The first kappa shape index (κ1) is 21.0. The number of aromatic nitrogens is 2. The number of hydrogen-bond donors (Lipinski definition) is 0. The molecule has 4 rings (SSSR count). The summed E-state index contributed by atoms with van der Waals surface area (Å²) in [6.07, 6.45) is 0.870. The lowest BCUT2D eigenvalue weighted by Gasteiger charge is -2.34. The number of piperazine rings is 1. The highest BCUT2D eigenvalue weighted by atomic mass is 35.5. The summed E-state index contributed by atoms with van der Waals surface area (Å²) in [5.74, 6) is 0.922. The second kappa shape index (κ2) is 9.68. The van der Waals surface area contributed by atoms with Crippen LogP contribution in [0.4, 0.5) is 13.9 Å². The van der Waals surface area contributed by atoms with Crippen molar-refractivity contribution in [2.45, 2.75) is 13.0 Å². The van der Waals surface area contributed by atoms with E-state index in [0.29, 0.717) is 5.02 Å². The van der Waals surface area contributed by atoms with Gasteiger partial charge in [-0.2, -0.15) is 18.1 Å². The van der Waals surface area contributed by atoms with Crippen LogP contribution >= 0.6 is 23.1 Å². The Morgan fingerprint density at radius 3 is 2.37 bits per heavy atom. The molecule has 158 valence electrons. The third-order valence-corrected chi connectivity index (χ3v) is 6.05. The first-order chi connectivity index (χ1) is 14.6. The fourth-order valence-electron chi connectivity index (χ4n) is 3.35. The smallest absolute Gasteiger partial charge is 0.387 e. The number of anilines is 1. The molecule has 30 heavy (non-hydrogen) atoms. The van der Waals surface area contributed by atoms with Crippen LogP contribution in [0.5, 0.6) is 5.75 Å². The summed E-state index contributed by atoms with van der Waals surface area (Å²) in [5, 5.41) is 1.64. The Kier molecular flexibility index (Phi) is 6.76. The molecule has 9 heteroatoms. The van der Waals surface area contributed by atoms with Gasteiger partial charge in [0.25, 0.3) is 0 Å². The zero-order chi connectivity index (χ0) is 20.9. The van der Waals surface area contributed by atoms with Gasteiger partial charge in [0.1, 0.15) is 5.75 Å². The molecule has 0 unspecified atom stereocenters. The maximum Gasteiger partial charge on any atom is 0.387 e. The highest BCUT2D eigenvalue weighted by Gasteiger charge is 2.20. The first-order valence-electron chi connectivity index (χ1n) is 9.67. The van der Waals surface area contributed by atoms with Gasteiger partial charge in [0.15, 0.2) is 5.82 Å². The van der Waals surface area contributed by atoms with Gasteiger partial charge in [0.05, 0.1) is 0 Å². The van der Waals surface area contributed by atoms with Gasteiger partial charge in [-0.1, -0.05) is 23.7 Å². The van der Waals surface area contributed by atoms with Crippen molar-refractivity contribution in [2.24, 2.45) is 0 Å². The molecule has 0 atom stereocenters. The van der Waals surface area contributed by atoms with E-state index < -0.39 is 6.61 Å². The number of alkyl halides is 2. The summed E-state index contributed by atoms with van der Waals surface area (Å²) in [7, 11) is 0. The van der Waals surface area contributed by atoms with Crippen LogP contribution in [0.1, 0.15) is 5.56 Å². The Balaban J connectivity index is 1.25. The Labute approximate surface area is 183 Å². The van der Waals surface area contributed by atoms with Gasteiger partial charge < -0.3 is 9.64 Å². The SMILES string of the molecule is FC(F)Oc1ccc(CCN2CCN(c3nc(-c4ccc(Cl)cc4)ns3)CC2)cc1. The molecule has 0 bridgehead atoms. The Hall–Kier alpha value is -2.29. The molecule has 3 aromatic rings. The molecule has 1 aliphatic rings. The third kappa shape index (κ3) is 5.44. The van der Waals surface area contributed by atoms with E-state index in [-0.39, 0.29) is 5.75 Å². The van der Waals surface area contributed by atoms with E-state index in [2.05, 4.69) is 23.9 Å². The van der Waals surface area contributed by atoms with Gasteiger partial charge in [-0.05, 0) is 48.4 Å². The summed E-state index contributed by atoms with van der Waals surface area (Å²) in [5.41, 5.74) is 2.07. The van der Waals surface area contributed by atoms with Gasteiger partial charge in [-0.25, -0.2) is 0 Å². The summed E-state index contributed by atoms with van der Waals surface area (Å²) in [6.45, 7) is 1.83. The molecular formula is C21H21ClF2N4OS. The standard InChI is InChI=1S/C21H21ClF2N4OS/c22-17-5-3-16(4-6-17)19-25-21(30-26-19)28-13-11-27(12-14-28)10-9-15-1-7-18(8-2-15)29-20(23)24/h1-8,20H,9-14H2. The normalized spacial score (nSPS) is 15.0. The summed E-state index contributed by atoms with van der Waals surface area (Å²) >= 11 is 7.37. The Morgan fingerprint density at radius 2 is 1.70 bits per heavy atom. The van der Waals surface area contributed by atoms with Crippen LogP contribution in [-0.2, 0) is 6.42 Å². The van der Waals surface area contributed by atoms with Crippen molar-refractivity contribution in [2.75, 3.05) is 37.6 Å². The van der Waals surface area contributed by atoms with Crippen LogP contribution < -0.4 is 9.64 Å². The molecule has 0 aliphatic carbocycles. The van der Waals surface area contributed by atoms with E-state index in [1.54, 1.807) is 12.1 Å². The topological polar surface area (TPSA) is 41.5 Å². The fraction of sp³-hybridized carbons (Fsp3) is 0.333. The van der Waals surface area contributed by atoms with Gasteiger partial charge in [0, 0.05) is 54.8 Å². The zero-order valence-electron chi connectivity index (χ0n) is 16.2. The maximum absolute atomic E-state index is 12.2. The molecule has 1 fully saturated rings. The molecule has 1 saturated heterocycles. The molecule has 1 aromatic heterocycles. The minimum absolute atomic E-state index is 0.192. The van der Waals surface area contributed by atoms with Gasteiger partial charge in [-0.3, -0.25) is 4.90 Å². The van der Waals surface area contributed by atoms with E-state index in [4.69, 9.17) is 11.6 Å². The number of ether oxygens (including phenoxy) is 1. The molecule has 2 heterocycles. The molecule has 0 amide bonds. The lowest BCUT2D eigenvalue weighted by atomic mass is 10.1. The molecule has 1 aliphatic heterocycles. The van der Waals surface area contributed by atoms with Crippen LogP contribution in [0.15, 0.2) is 48.5 Å². The molecular weight excluding hydrogens is 430 g/mol. The van der Waals surface area contributed by atoms with Gasteiger partial charge in [0.2, 0.25) is 5.13 Å². The van der Waals surface area contributed by atoms with E-state index in [9.17, 15) is 8.78 Å². The monoisotopic (exact) mass is 450 g/mol. The fourth-order valence-corrected chi connectivity index (χ4v) is 4.21. The van der Waals surface area contributed by atoms with Crippen molar-refractivity contribution < 1.29 is 13.5 Å². The summed E-state index contributed by atoms with van der Waals surface area (Å²) in [6, 6.07) is 14.4. The van der Waals surface area contributed by atoms with Crippen molar-refractivity contribution in [1.82, 2.24) is 14.3 Å². The summed E-state index contributed by atoms with van der Waals surface area (Å²) < 4.78 is 33.3. The highest BCUT2D eigenvalue weighted by Crippen LogP contribution is 2.26. The molecule has 2 aromatic carbocycles. The van der Waals surface area contributed by atoms with Crippen LogP contribution in [0, 0.1) is 0 Å². The van der Waals surface area contributed by atoms with E-state index in [0.717, 1.165) is 61.2 Å². The van der Waals surface area contributed by atoms with Crippen molar-refractivity contribution >= 4 is 28.3 Å². The van der Waals surface area contributed by atoms with Crippen LogP contribution in [-0.4, -0.2) is 53.6 Å². The minimum atomic E-state index is -2.79. The van der Waals surface area contributed by atoms with E-state index in [1.165, 1.54) is 11.5 Å². The van der Waals surface area contributed by atoms with Crippen molar-refractivity contribution in [3.8, 4) is 17.1 Å². The number of halogens is 3. The predicted octanol–water partition coefficient (Wildman–Crippen LogP) is 4.82. The van der Waals surface area contributed by atoms with Crippen LogP contribution in [0.3, 0.4) is 0 Å². The molecule has 0 spiro atoms. The van der Waals surface area contributed by atoms with Crippen molar-refractivity contribution in [3.05, 3.63) is 59.1 Å². The van der Waals surface area contributed by atoms with Gasteiger partial charge in [-0.15, -0.1) is 0 Å². The maximum atomic E-state index is 12.2. The predicted molar refractivity (Wildman–Crippen MR) is 116 cm³/mol. The molecule has 0 N–H and O–H groups in total. The van der Waals surface area contributed by atoms with Gasteiger partial charge >= 0.3 is 6.61 Å². The highest BCUT2D eigenvalue weighted by molar-refractivity contribution is 7.09. The van der Waals surface area contributed by atoms with E-state index >= 15 is 0 Å². The number of benzene rings is 2. The molecule has 0 radical (unpaired) electrons. The Morgan fingerprint density at radius 1 is 1.00 bits per heavy atom. The third-order valence-electron chi connectivity index (χ3n) is 5.03. The number of nitrogens with zero attached hydrogens (tertiary/aromatic N) is 4. The van der Waals surface area contributed by atoms with Crippen LogP contribution in [0.25, 0.3) is 11.4 Å². The second-order valence-corrected chi connectivity index (χ2v) is 8.18. The largest absolute Gasteiger partial charge is 0.435 e. The minimum Gasteiger partial charge on any atom is -0.435 e. The molecule has 5 nitrogen and oxygen atoms in total. The van der Waals surface area contributed by atoms with Crippen LogP contribution in [0.2, 0.25) is 5.02 Å². The quantitative estimate of drug-likeness (QED) is 0.516.